The molecule has 0 heterocycles. The van der Waals surface area contributed by atoms with E-state index in [4.69, 9.17) is 23.2 Å². The Morgan fingerprint density at radius 3 is 1.23 bits per heavy atom. The molecule has 3 aromatic rings. The van der Waals surface area contributed by atoms with Crippen molar-refractivity contribution in [2.75, 3.05) is 0 Å². The topological polar surface area (TPSA) is 24.7 Å². The zero-order chi connectivity index (χ0) is 28.4. The molecule has 0 fully saturated rings. The molecule has 3 rings (SSSR count). The molecular formula is C36H46Cl2N2. The quantitative estimate of drug-likeness (QED) is 0.106. The molecule has 2 nitrogen and oxygen atoms in total. The Morgan fingerprint density at radius 2 is 0.850 bits per heavy atom. The first kappa shape index (κ1) is 32.1. The average molecular weight is 578 g/mol. The maximum absolute atomic E-state index is 6.54. The zero-order valence-corrected chi connectivity index (χ0v) is 26.0. The number of aryl methyl sites for hydroxylation is 2. The lowest BCUT2D eigenvalue weighted by Gasteiger charge is -2.05. The Hall–Kier alpha value is -2.42. The SMILES string of the molecule is CCCCCCCCc1ccc(C=Nc2cc(Cl)c(N=Cc3ccc(CCCCCCCC)cc3)cc2Cl)cc1. The summed E-state index contributed by atoms with van der Waals surface area (Å²) in [5, 5.41) is 1.06. The van der Waals surface area contributed by atoms with Crippen molar-refractivity contribution in [2.45, 2.75) is 104 Å². The summed E-state index contributed by atoms with van der Waals surface area (Å²) in [6, 6.07) is 20.8. The van der Waals surface area contributed by atoms with Gasteiger partial charge in [0.15, 0.2) is 0 Å². The molecule has 0 aliphatic heterocycles. The largest absolute Gasteiger partial charge is 0.255 e. The van der Waals surface area contributed by atoms with Gasteiger partial charge in [-0.15, -0.1) is 0 Å². The van der Waals surface area contributed by atoms with E-state index in [0.29, 0.717) is 21.4 Å². The number of rotatable bonds is 18. The molecule has 0 unspecified atom stereocenters. The normalized spacial score (nSPS) is 11.7. The van der Waals surface area contributed by atoms with Crippen LogP contribution in [-0.4, -0.2) is 12.4 Å². The first-order chi connectivity index (χ1) is 19.6. The van der Waals surface area contributed by atoms with Crippen LogP contribution in [0.4, 0.5) is 11.4 Å². The molecule has 0 amide bonds. The second-order valence-corrected chi connectivity index (χ2v) is 11.6. The van der Waals surface area contributed by atoms with Gasteiger partial charge in [0.25, 0.3) is 0 Å². The summed E-state index contributed by atoms with van der Waals surface area (Å²) in [4.78, 5) is 9.18. The third-order valence-corrected chi connectivity index (χ3v) is 7.92. The fourth-order valence-electron chi connectivity index (χ4n) is 4.77. The molecule has 0 aliphatic carbocycles. The van der Waals surface area contributed by atoms with Crippen molar-refractivity contribution in [3.8, 4) is 0 Å². The maximum atomic E-state index is 6.54. The van der Waals surface area contributed by atoms with Crippen LogP contribution >= 0.6 is 23.2 Å². The smallest absolute Gasteiger partial charge is 0.0832 e. The summed E-state index contributed by atoms with van der Waals surface area (Å²) in [7, 11) is 0. The minimum atomic E-state index is 0.529. The molecular weight excluding hydrogens is 531 g/mol. The minimum Gasteiger partial charge on any atom is -0.255 e. The average Bonchev–Trinajstić information content (AvgIpc) is 2.97. The highest BCUT2D eigenvalue weighted by atomic mass is 35.5. The molecule has 0 aromatic heterocycles. The second-order valence-electron chi connectivity index (χ2n) is 10.8. The van der Waals surface area contributed by atoms with Crippen LogP contribution in [0.2, 0.25) is 10.0 Å². The van der Waals surface area contributed by atoms with Crippen molar-refractivity contribution in [3.05, 3.63) is 93.0 Å². The van der Waals surface area contributed by atoms with Crippen molar-refractivity contribution in [2.24, 2.45) is 9.98 Å². The molecule has 0 atom stereocenters. The molecule has 0 bridgehead atoms. The van der Waals surface area contributed by atoms with Crippen molar-refractivity contribution in [1.29, 1.82) is 0 Å². The highest BCUT2D eigenvalue weighted by Crippen LogP contribution is 2.36. The van der Waals surface area contributed by atoms with Gasteiger partial charge in [0.05, 0.1) is 21.4 Å². The Kier molecular flexibility index (Phi) is 15.1. The van der Waals surface area contributed by atoms with Gasteiger partial charge in [-0.1, -0.05) is 150 Å². The fourth-order valence-corrected chi connectivity index (χ4v) is 5.18. The molecule has 3 aromatic carbocycles. The van der Waals surface area contributed by atoms with Crippen molar-refractivity contribution in [1.82, 2.24) is 0 Å². The highest BCUT2D eigenvalue weighted by molar-refractivity contribution is 6.37. The maximum Gasteiger partial charge on any atom is 0.0832 e. The monoisotopic (exact) mass is 576 g/mol. The van der Waals surface area contributed by atoms with Gasteiger partial charge in [0, 0.05) is 12.4 Å². The molecule has 4 heteroatoms. The van der Waals surface area contributed by atoms with Gasteiger partial charge >= 0.3 is 0 Å². The minimum absolute atomic E-state index is 0.529. The van der Waals surface area contributed by atoms with E-state index in [-0.39, 0.29) is 0 Å². The number of aliphatic imine (C=N–C) groups is 2. The lowest BCUT2D eigenvalue weighted by molar-refractivity contribution is 0.607. The number of benzene rings is 3. The first-order valence-electron chi connectivity index (χ1n) is 15.3. The van der Waals surface area contributed by atoms with Crippen molar-refractivity contribution >= 4 is 47.0 Å². The predicted octanol–water partition coefficient (Wildman–Crippen LogP) is 12.3. The van der Waals surface area contributed by atoms with Gasteiger partial charge in [-0.3, -0.25) is 9.98 Å². The summed E-state index contributed by atoms with van der Waals surface area (Å²) in [6.07, 6.45) is 21.8. The van der Waals surface area contributed by atoms with Gasteiger partial charge in [0.1, 0.15) is 0 Å². The third kappa shape index (κ3) is 12.0. The number of hydrogen-bond acceptors (Lipinski definition) is 2. The van der Waals surface area contributed by atoms with E-state index in [0.717, 1.165) is 24.0 Å². The molecule has 0 saturated carbocycles. The van der Waals surface area contributed by atoms with Crippen LogP contribution in [0, 0.1) is 0 Å². The Balaban J connectivity index is 1.49. The summed E-state index contributed by atoms with van der Waals surface area (Å²) < 4.78 is 0. The molecule has 0 spiro atoms. The van der Waals surface area contributed by atoms with Crippen LogP contribution in [0.5, 0.6) is 0 Å². The Bertz CT molecular complexity index is 1090. The molecule has 0 radical (unpaired) electrons. The van der Waals surface area contributed by atoms with Crippen molar-refractivity contribution in [3.63, 3.8) is 0 Å². The standard InChI is InChI=1S/C36H46Cl2N2/c1-3-5-7-9-11-13-15-29-17-21-31(22-18-29)27-39-35-25-34(38)36(26-33(35)37)40-28-32-23-19-30(20-24-32)16-14-12-10-8-6-4-2/h17-28H,3-16H2,1-2H3. The molecule has 214 valence electrons. The fraction of sp³-hybridized carbons (Fsp3) is 0.444. The third-order valence-electron chi connectivity index (χ3n) is 7.32. The second kappa shape index (κ2) is 18.8. The van der Waals surface area contributed by atoms with E-state index >= 15 is 0 Å². The van der Waals surface area contributed by atoms with E-state index in [9.17, 15) is 0 Å². The Morgan fingerprint density at radius 1 is 0.500 bits per heavy atom. The Labute approximate surface area is 253 Å². The van der Waals surface area contributed by atoms with E-state index in [2.05, 4.69) is 72.4 Å². The molecule has 40 heavy (non-hydrogen) atoms. The lowest BCUT2D eigenvalue weighted by Crippen LogP contribution is -1.88. The first-order valence-corrected chi connectivity index (χ1v) is 16.1. The molecule has 0 N–H and O–H groups in total. The predicted molar refractivity (Wildman–Crippen MR) is 178 cm³/mol. The van der Waals surface area contributed by atoms with E-state index in [1.54, 1.807) is 12.1 Å². The highest BCUT2D eigenvalue weighted by Gasteiger charge is 2.06. The van der Waals surface area contributed by atoms with Crippen LogP contribution < -0.4 is 0 Å². The zero-order valence-electron chi connectivity index (χ0n) is 24.5. The summed E-state index contributed by atoms with van der Waals surface area (Å²) >= 11 is 13.1. The van der Waals surface area contributed by atoms with Crippen LogP contribution in [-0.2, 0) is 12.8 Å². The van der Waals surface area contributed by atoms with Crippen LogP contribution in [0.3, 0.4) is 0 Å². The number of nitrogens with zero attached hydrogens (tertiary/aromatic N) is 2. The van der Waals surface area contributed by atoms with Gasteiger partial charge in [-0.05, 0) is 60.1 Å². The number of unbranched alkanes of at least 4 members (excludes halogenated alkanes) is 10. The van der Waals surface area contributed by atoms with Gasteiger partial charge in [-0.25, -0.2) is 0 Å². The van der Waals surface area contributed by atoms with E-state index < -0.39 is 0 Å². The van der Waals surface area contributed by atoms with Crippen molar-refractivity contribution < 1.29 is 0 Å². The van der Waals surface area contributed by atoms with Crippen LogP contribution in [0.15, 0.2) is 70.6 Å². The van der Waals surface area contributed by atoms with E-state index in [1.807, 2.05) is 12.4 Å². The summed E-state index contributed by atoms with van der Waals surface area (Å²) in [6.45, 7) is 4.52. The van der Waals surface area contributed by atoms with E-state index in [1.165, 1.54) is 88.2 Å². The lowest BCUT2D eigenvalue weighted by atomic mass is 10.0. The van der Waals surface area contributed by atoms with Gasteiger partial charge < -0.3 is 0 Å². The van der Waals surface area contributed by atoms with Crippen LogP contribution in [0.1, 0.15) is 113 Å². The van der Waals surface area contributed by atoms with Crippen LogP contribution in [0.25, 0.3) is 0 Å². The van der Waals surface area contributed by atoms with Gasteiger partial charge in [0.2, 0.25) is 0 Å². The number of hydrogen-bond donors (Lipinski definition) is 0. The summed E-state index contributed by atoms with van der Waals surface area (Å²) in [5.41, 5.74) is 6.12. The molecule has 0 aliphatic rings. The number of halogens is 2. The van der Waals surface area contributed by atoms with Gasteiger partial charge in [-0.2, -0.15) is 0 Å². The summed E-state index contributed by atoms with van der Waals surface area (Å²) in [5.74, 6) is 0. The molecule has 0 saturated heterocycles.